The zero-order valence-corrected chi connectivity index (χ0v) is 14.4. The molecule has 7 nitrogen and oxygen atoms in total. The molecule has 2 aromatic rings. The second kappa shape index (κ2) is 6.48. The second-order valence-corrected chi connectivity index (χ2v) is 7.00. The highest BCUT2D eigenvalue weighted by molar-refractivity contribution is 5.65. The summed E-state index contributed by atoms with van der Waals surface area (Å²) < 4.78 is 1.97. The molecule has 2 aromatic heterocycles. The lowest BCUT2D eigenvalue weighted by atomic mass is 10.0. The van der Waals surface area contributed by atoms with Crippen LogP contribution in [0.2, 0.25) is 0 Å². The number of nitrogens with zero attached hydrogens (tertiary/aromatic N) is 5. The molecule has 0 bridgehead atoms. The van der Waals surface area contributed by atoms with Gasteiger partial charge in [0, 0.05) is 69.0 Å². The first-order valence-corrected chi connectivity index (χ1v) is 8.81. The predicted octanol–water partition coefficient (Wildman–Crippen LogP) is 2.01. The number of amides is 1. The van der Waals surface area contributed by atoms with Gasteiger partial charge in [0.25, 0.3) is 0 Å². The minimum Gasteiger partial charge on any atom is -0.465 e. The van der Waals surface area contributed by atoms with Gasteiger partial charge in [-0.3, -0.25) is 14.6 Å². The van der Waals surface area contributed by atoms with Crippen molar-refractivity contribution in [2.24, 2.45) is 11.8 Å². The Labute approximate surface area is 146 Å². The number of hydrogen-bond donors (Lipinski definition) is 1. The molecule has 4 heterocycles. The molecule has 0 aromatic carbocycles. The average molecular weight is 341 g/mol. The Kier molecular flexibility index (Phi) is 4.17. The van der Waals surface area contributed by atoms with E-state index < -0.39 is 6.09 Å². The maximum absolute atomic E-state index is 11.1. The van der Waals surface area contributed by atoms with E-state index in [2.05, 4.69) is 23.0 Å². The highest BCUT2D eigenvalue weighted by Gasteiger charge is 2.41. The molecule has 1 N–H and O–H groups in total. The fourth-order valence-corrected chi connectivity index (χ4v) is 4.10. The molecule has 4 rings (SSSR count). The Morgan fingerprint density at radius 1 is 1.28 bits per heavy atom. The second-order valence-electron chi connectivity index (χ2n) is 7.00. The predicted molar refractivity (Wildman–Crippen MR) is 93.0 cm³/mol. The number of carboxylic acid groups (broad SMARTS) is 1. The van der Waals surface area contributed by atoms with Gasteiger partial charge < -0.3 is 10.0 Å². The van der Waals surface area contributed by atoms with Crippen LogP contribution in [-0.2, 0) is 13.1 Å². The van der Waals surface area contributed by atoms with Crippen LogP contribution in [0.4, 0.5) is 4.79 Å². The van der Waals surface area contributed by atoms with Crippen LogP contribution in [0.3, 0.4) is 0 Å². The molecular formula is C18H23N5O2. The molecule has 2 saturated heterocycles. The van der Waals surface area contributed by atoms with Crippen molar-refractivity contribution in [1.29, 1.82) is 0 Å². The van der Waals surface area contributed by atoms with Gasteiger partial charge in [-0.1, -0.05) is 0 Å². The summed E-state index contributed by atoms with van der Waals surface area (Å²) in [6.45, 7) is 7.03. The summed E-state index contributed by atoms with van der Waals surface area (Å²) in [6.07, 6.45) is 4.97. The summed E-state index contributed by atoms with van der Waals surface area (Å²) in [4.78, 5) is 19.3. The van der Waals surface area contributed by atoms with E-state index in [9.17, 15) is 4.79 Å². The first-order valence-electron chi connectivity index (χ1n) is 8.81. The molecule has 0 radical (unpaired) electrons. The fraction of sp³-hybridized carbons (Fsp3) is 0.500. The molecule has 1 amide bonds. The third kappa shape index (κ3) is 3.11. The van der Waals surface area contributed by atoms with Crippen LogP contribution in [0, 0.1) is 11.8 Å². The molecule has 0 aliphatic carbocycles. The summed E-state index contributed by atoms with van der Waals surface area (Å²) >= 11 is 0. The number of fused-ring (bicyclic) bond motifs is 1. The van der Waals surface area contributed by atoms with Gasteiger partial charge in [0.05, 0.1) is 5.69 Å². The largest absolute Gasteiger partial charge is 0.465 e. The molecule has 2 fully saturated rings. The van der Waals surface area contributed by atoms with Crippen LogP contribution in [-0.4, -0.2) is 61.9 Å². The minimum absolute atomic E-state index is 0.458. The number of pyridine rings is 1. The highest BCUT2D eigenvalue weighted by Crippen LogP contribution is 2.33. The van der Waals surface area contributed by atoms with Crippen LogP contribution < -0.4 is 0 Å². The average Bonchev–Trinajstić information content (AvgIpc) is 3.28. The molecule has 2 atom stereocenters. The third-order valence-electron chi connectivity index (χ3n) is 5.32. The van der Waals surface area contributed by atoms with E-state index in [4.69, 9.17) is 10.2 Å². The Balaban J connectivity index is 1.49. The van der Waals surface area contributed by atoms with Gasteiger partial charge >= 0.3 is 6.09 Å². The van der Waals surface area contributed by atoms with Crippen molar-refractivity contribution >= 4 is 6.09 Å². The van der Waals surface area contributed by atoms with Crippen molar-refractivity contribution in [1.82, 2.24) is 24.6 Å². The van der Waals surface area contributed by atoms with Crippen molar-refractivity contribution in [3.63, 3.8) is 0 Å². The fourth-order valence-electron chi connectivity index (χ4n) is 4.10. The molecule has 132 valence electrons. The Bertz CT molecular complexity index is 746. The van der Waals surface area contributed by atoms with Crippen LogP contribution in [0.25, 0.3) is 11.3 Å². The zero-order chi connectivity index (χ0) is 17.4. The highest BCUT2D eigenvalue weighted by atomic mass is 16.4. The first-order chi connectivity index (χ1) is 12.1. The standard InChI is InChI=1S/C18H23N5O2/c1-2-23-12-16(17(20-23)13-4-3-5-19-6-13)9-21-7-14-10-22(18(24)25)11-15(14)8-21/h3-6,12,14-15H,2,7-11H2,1H3,(H,24,25). The van der Waals surface area contributed by atoms with Crippen molar-refractivity contribution in [3.05, 3.63) is 36.3 Å². The topological polar surface area (TPSA) is 74.5 Å². The molecule has 7 heteroatoms. The van der Waals surface area contributed by atoms with Gasteiger partial charge in [-0.05, 0) is 30.9 Å². The van der Waals surface area contributed by atoms with E-state index in [1.54, 1.807) is 11.1 Å². The number of carbonyl (C=O) groups is 1. The third-order valence-corrected chi connectivity index (χ3v) is 5.32. The van der Waals surface area contributed by atoms with E-state index in [-0.39, 0.29) is 0 Å². The lowest BCUT2D eigenvalue weighted by molar-refractivity contribution is 0.148. The SMILES string of the molecule is CCn1cc(CN2CC3CN(C(=O)O)CC3C2)c(-c2cccnc2)n1. The van der Waals surface area contributed by atoms with E-state index in [0.29, 0.717) is 24.9 Å². The van der Waals surface area contributed by atoms with Crippen molar-refractivity contribution < 1.29 is 9.90 Å². The van der Waals surface area contributed by atoms with E-state index in [0.717, 1.165) is 37.4 Å². The Morgan fingerprint density at radius 2 is 2.04 bits per heavy atom. The lowest BCUT2D eigenvalue weighted by Crippen LogP contribution is -2.32. The van der Waals surface area contributed by atoms with Gasteiger partial charge in [-0.15, -0.1) is 0 Å². The molecular weight excluding hydrogens is 318 g/mol. The summed E-state index contributed by atoms with van der Waals surface area (Å²) in [5, 5.41) is 13.9. The monoisotopic (exact) mass is 341 g/mol. The Morgan fingerprint density at radius 3 is 2.64 bits per heavy atom. The normalized spacial score (nSPS) is 23.2. The van der Waals surface area contributed by atoms with Crippen molar-refractivity contribution in [2.75, 3.05) is 26.2 Å². The summed E-state index contributed by atoms with van der Waals surface area (Å²) in [5.74, 6) is 0.915. The van der Waals surface area contributed by atoms with Gasteiger partial charge in [0.2, 0.25) is 0 Å². The van der Waals surface area contributed by atoms with Crippen LogP contribution in [0.15, 0.2) is 30.7 Å². The molecule has 2 aliphatic rings. The van der Waals surface area contributed by atoms with E-state index >= 15 is 0 Å². The molecule has 0 saturated carbocycles. The van der Waals surface area contributed by atoms with Gasteiger partial charge in [0.15, 0.2) is 0 Å². The number of hydrogen-bond acceptors (Lipinski definition) is 4. The van der Waals surface area contributed by atoms with Crippen LogP contribution in [0.5, 0.6) is 0 Å². The maximum atomic E-state index is 11.1. The molecule has 25 heavy (non-hydrogen) atoms. The van der Waals surface area contributed by atoms with Crippen LogP contribution in [0.1, 0.15) is 12.5 Å². The zero-order valence-electron chi connectivity index (χ0n) is 14.4. The Hall–Kier alpha value is -2.41. The van der Waals surface area contributed by atoms with E-state index in [1.807, 2.05) is 23.0 Å². The van der Waals surface area contributed by atoms with Crippen molar-refractivity contribution in [2.45, 2.75) is 20.0 Å². The molecule has 0 spiro atoms. The van der Waals surface area contributed by atoms with E-state index in [1.165, 1.54) is 5.56 Å². The number of aromatic nitrogens is 3. The van der Waals surface area contributed by atoms with Gasteiger partial charge in [-0.2, -0.15) is 5.10 Å². The van der Waals surface area contributed by atoms with Gasteiger partial charge in [-0.25, -0.2) is 4.79 Å². The van der Waals surface area contributed by atoms with Gasteiger partial charge in [0.1, 0.15) is 0 Å². The summed E-state index contributed by atoms with van der Waals surface area (Å²) in [6, 6.07) is 3.98. The van der Waals surface area contributed by atoms with Crippen LogP contribution >= 0.6 is 0 Å². The number of rotatable bonds is 4. The smallest absolute Gasteiger partial charge is 0.407 e. The quantitative estimate of drug-likeness (QED) is 0.921. The number of likely N-dealkylation sites (tertiary alicyclic amines) is 2. The van der Waals surface area contributed by atoms with Crippen molar-refractivity contribution in [3.8, 4) is 11.3 Å². The maximum Gasteiger partial charge on any atom is 0.407 e. The minimum atomic E-state index is -0.788. The molecule has 2 aliphatic heterocycles. The summed E-state index contributed by atoms with van der Waals surface area (Å²) in [7, 11) is 0. The summed E-state index contributed by atoms with van der Waals surface area (Å²) in [5.41, 5.74) is 3.25. The lowest BCUT2D eigenvalue weighted by Gasteiger charge is -2.19. The first kappa shape index (κ1) is 16.1. The molecule has 2 unspecified atom stereocenters. The number of aryl methyl sites for hydroxylation is 1.